The third kappa shape index (κ3) is 7.21. The van der Waals surface area contributed by atoms with Gasteiger partial charge in [0, 0.05) is 11.4 Å². The van der Waals surface area contributed by atoms with Crippen LogP contribution in [0.15, 0.2) is 60.7 Å². The van der Waals surface area contributed by atoms with Crippen LogP contribution in [0.2, 0.25) is 0 Å². The van der Waals surface area contributed by atoms with Crippen molar-refractivity contribution in [1.29, 1.82) is 0 Å². The summed E-state index contributed by atoms with van der Waals surface area (Å²) in [7, 11) is 0. The zero-order valence-electron chi connectivity index (χ0n) is 12.7. The molecule has 0 aliphatic carbocycles. The van der Waals surface area contributed by atoms with E-state index in [1.54, 1.807) is 0 Å². The predicted molar refractivity (Wildman–Crippen MR) is 88.2 cm³/mol. The zero-order valence-corrected chi connectivity index (χ0v) is 12.7. The normalized spacial score (nSPS) is 8.20. The van der Waals surface area contributed by atoms with Crippen LogP contribution in [0.3, 0.4) is 0 Å². The molecule has 0 unspecified atom stereocenters. The topological polar surface area (TPSA) is 41.1 Å². The molecule has 0 saturated heterocycles. The summed E-state index contributed by atoms with van der Waals surface area (Å²) in [6, 6.07) is 18.4. The molecule has 2 N–H and O–H groups in total. The molecule has 2 aromatic carbocycles. The lowest BCUT2D eigenvalue weighted by atomic mass is 10.3. The number of carbonyl (C=O) groups excluding carboxylic acids is 1. The first-order valence-electron chi connectivity index (χ1n) is 7.03. The summed E-state index contributed by atoms with van der Waals surface area (Å²) >= 11 is 0. The molecular weight excluding hydrogens is 248 g/mol. The van der Waals surface area contributed by atoms with Crippen LogP contribution in [-0.4, -0.2) is 6.03 Å². The maximum absolute atomic E-state index is 11.6. The van der Waals surface area contributed by atoms with E-state index in [1.165, 1.54) is 0 Å². The number of amides is 2. The Bertz CT molecular complexity index is 411. The number of nitrogens with one attached hydrogen (secondary N) is 2. The Balaban J connectivity index is 0.000000829. The van der Waals surface area contributed by atoms with E-state index in [9.17, 15) is 4.79 Å². The first kappa shape index (κ1) is 17.7. The van der Waals surface area contributed by atoms with E-state index in [0.29, 0.717) is 0 Å². The average Bonchev–Trinajstić information content (AvgIpc) is 2.53. The maximum Gasteiger partial charge on any atom is 0.323 e. The van der Waals surface area contributed by atoms with Gasteiger partial charge in [-0.2, -0.15) is 0 Å². The van der Waals surface area contributed by atoms with Gasteiger partial charge in [-0.1, -0.05) is 64.1 Å². The van der Waals surface area contributed by atoms with Crippen molar-refractivity contribution in [3.8, 4) is 0 Å². The molecule has 108 valence electrons. The standard InChI is InChI=1S/C13H12N2O.2C2H6/c16-13(14-11-7-3-1-4-8-11)15-12-9-5-2-6-10-12;2*1-2/h1-10H,(H2,14,15,16);2*1-2H3. The van der Waals surface area contributed by atoms with E-state index in [0.717, 1.165) is 11.4 Å². The SMILES string of the molecule is CC.CC.O=C(Nc1ccccc1)Nc1ccccc1. The fourth-order valence-electron chi connectivity index (χ4n) is 1.34. The fourth-order valence-corrected chi connectivity index (χ4v) is 1.34. The quantitative estimate of drug-likeness (QED) is 0.756. The zero-order chi connectivity index (χ0) is 15.2. The van der Waals surface area contributed by atoms with E-state index >= 15 is 0 Å². The molecule has 3 nitrogen and oxygen atoms in total. The molecule has 2 amide bonds. The van der Waals surface area contributed by atoms with Crippen LogP contribution in [0.4, 0.5) is 16.2 Å². The number of urea groups is 1. The highest BCUT2D eigenvalue weighted by Gasteiger charge is 2.00. The Morgan fingerprint density at radius 2 is 0.950 bits per heavy atom. The van der Waals surface area contributed by atoms with Gasteiger partial charge in [-0.05, 0) is 24.3 Å². The molecular formula is C17H24N2O. The third-order valence-electron chi connectivity index (χ3n) is 2.06. The van der Waals surface area contributed by atoms with Crippen molar-refractivity contribution in [3.05, 3.63) is 60.7 Å². The van der Waals surface area contributed by atoms with Crippen molar-refractivity contribution in [1.82, 2.24) is 0 Å². The monoisotopic (exact) mass is 272 g/mol. The highest BCUT2D eigenvalue weighted by molar-refractivity contribution is 5.99. The van der Waals surface area contributed by atoms with Gasteiger partial charge < -0.3 is 10.6 Å². The Labute approximate surface area is 122 Å². The summed E-state index contributed by atoms with van der Waals surface area (Å²) in [6.45, 7) is 8.00. The van der Waals surface area contributed by atoms with Crippen molar-refractivity contribution >= 4 is 17.4 Å². The first-order chi connectivity index (χ1) is 9.84. The van der Waals surface area contributed by atoms with E-state index in [-0.39, 0.29) is 6.03 Å². The Morgan fingerprint density at radius 1 is 0.650 bits per heavy atom. The van der Waals surface area contributed by atoms with Crippen molar-refractivity contribution in [3.63, 3.8) is 0 Å². The number of hydrogen-bond acceptors (Lipinski definition) is 1. The second-order valence-electron chi connectivity index (χ2n) is 3.31. The van der Waals surface area contributed by atoms with Crippen molar-refractivity contribution in [2.45, 2.75) is 27.7 Å². The first-order valence-corrected chi connectivity index (χ1v) is 7.03. The molecule has 3 heteroatoms. The van der Waals surface area contributed by atoms with Gasteiger partial charge >= 0.3 is 6.03 Å². The molecule has 0 fully saturated rings. The molecule has 0 bridgehead atoms. The molecule has 0 aromatic heterocycles. The van der Waals surface area contributed by atoms with Gasteiger partial charge in [0.05, 0.1) is 0 Å². The predicted octanol–water partition coefficient (Wildman–Crippen LogP) is 5.38. The van der Waals surface area contributed by atoms with Gasteiger partial charge in [0.1, 0.15) is 0 Å². The third-order valence-corrected chi connectivity index (χ3v) is 2.06. The van der Waals surface area contributed by atoms with Crippen LogP contribution in [0.1, 0.15) is 27.7 Å². The minimum Gasteiger partial charge on any atom is -0.308 e. The summed E-state index contributed by atoms with van der Waals surface area (Å²) in [5.41, 5.74) is 1.55. The van der Waals surface area contributed by atoms with Gasteiger partial charge in [-0.3, -0.25) is 0 Å². The number of anilines is 2. The van der Waals surface area contributed by atoms with Crippen LogP contribution < -0.4 is 10.6 Å². The van der Waals surface area contributed by atoms with Gasteiger partial charge in [0.15, 0.2) is 0 Å². The summed E-state index contributed by atoms with van der Waals surface area (Å²) in [5, 5.41) is 5.48. The number of para-hydroxylation sites is 2. The van der Waals surface area contributed by atoms with Crippen molar-refractivity contribution < 1.29 is 4.79 Å². The molecule has 0 atom stereocenters. The highest BCUT2D eigenvalue weighted by Crippen LogP contribution is 2.08. The molecule has 0 aliphatic heterocycles. The number of rotatable bonds is 2. The van der Waals surface area contributed by atoms with E-state index in [1.807, 2.05) is 88.4 Å². The summed E-state index contributed by atoms with van der Waals surface area (Å²) in [5.74, 6) is 0. The number of hydrogen-bond donors (Lipinski definition) is 2. The van der Waals surface area contributed by atoms with Crippen molar-refractivity contribution in [2.75, 3.05) is 10.6 Å². The van der Waals surface area contributed by atoms with Gasteiger partial charge in [-0.15, -0.1) is 0 Å². The number of carbonyl (C=O) groups is 1. The van der Waals surface area contributed by atoms with Crippen LogP contribution in [-0.2, 0) is 0 Å². The second kappa shape index (κ2) is 11.8. The second-order valence-corrected chi connectivity index (χ2v) is 3.31. The Morgan fingerprint density at radius 3 is 1.25 bits per heavy atom. The van der Waals surface area contributed by atoms with E-state index < -0.39 is 0 Å². The van der Waals surface area contributed by atoms with Crippen LogP contribution in [0, 0.1) is 0 Å². The lowest BCUT2D eigenvalue weighted by molar-refractivity contribution is 0.262. The summed E-state index contributed by atoms with van der Waals surface area (Å²) in [6.07, 6.45) is 0. The smallest absolute Gasteiger partial charge is 0.308 e. The Hall–Kier alpha value is -2.29. The summed E-state index contributed by atoms with van der Waals surface area (Å²) < 4.78 is 0. The number of benzene rings is 2. The molecule has 2 aromatic rings. The minimum absolute atomic E-state index is 0.239. The molecule has 0 radical (unpaired) electrons. The lowest BCUT2D eigenvalue weighted by Gasteiger charge is -2.06. The maximum atomic E-state index is 11.6. The van der Waals surface area contributed by atoms with Crippen LogP contribution in [0.5, 0.6) is 0 Å². The van der Waals surface area contributed by atoms with Crippen molar-refractivity contribution in [2.24, 2.45) is 0 Å². The molecule has 0 heterocycles. The molecule has 2 rings (SSSR count). The molecule has 0 saturated carbocycles. The molecule has 0 aliphatic rings. The molecule has 20 heavy (non-hydrogen) atoms. The van der Waals surface area contributed by atoms with E-state index in [2.05, 4.69) is 10.6 Å². The van der Waals surface area contributed by atoms with Crippen LogP contribution in [0.25, 0.3) is 0 Å². The molecule has 0 spiro atoms. The lowest BCUT2D eigenvalue weighted by Crippen LogP contribution is -2.19. The van der Waals surface area contributed by atoms with Gasteiger partial charge in [0.2, 0.25) is 0 Å². The van der Waals surface area contributed by atoms with E-state index in [4.69, 9.17) is 0 Å². The Kier molecular flexibility index (Phi) is 10.4. The minimum atomic E-state index is -0.239. The average molecular weight is 272 g/mol. The van der Waals surface area contributed by atoms with Crippen LogP contribution >= 0.6 is 0 Å². The summed E-state index contributed by atoms with van der Waals surface area (Å²) in [4.78, 5) is 11.6. The largest absolute Gasteiger partial charge is 0.323 e. The van der Waals surface area contributed by atoms with Gasteiger partial charge in [-0.25, -0.2) is 4.79 Å². The highest BCUT2D eigenvalue weighted by atomic mass is 16.2. The fraction of sp³-hybridized carbons (Fsp3) is 0.235. The van der Waals surface area contributed by atoms with Gasteiger partial charge in [0.25, 0.3) is 0 Å².